The Morgan fingerprint density at radius 1 is 1.53 bits per heavy atom. The molecule has 1 atom stereocenters. The highest BCUT2D eigenvalue weighted by atomic mass is 35.5. The monoisotopic (exact) mass is 226 g/mol. The molecule has 0 saturated heterocycles. The highest BCUT2D eigenvalue weighted by Crippen LogP contribution is 2.30. The molecular formula is C12H19ClN2. The van der Waals surface area contributed by atoms with E-state index in [1.54, 1.807) is 6.20 Å². The Balaban J connectivity index is 2.73. The first-order chi connectivity index (χ1) is 6.91. The summed E-state index contributed by atoms with van der Waals surface area (Å²) in [6.45, 7) is 6.44. The summed E-state index contributed by atoms with van der Waals surface area (Å²) in [6, 6.07) is 3.95. The predicted molar refractivity (Wildman–Crippen MR) is 66.1 cm³/mol. The Bertz CT molecular complexity index is 321. The summed E-state index contributed by atoms with van der Waals surface area (Å²) in [6.07, 6.45) is 3.61. The van der Waals surface area contributed by atoms with Crippen LogP contribution in [0.2, 0.25) is 0 Å². The van der Waals surface area contributed by atoms with Crippen molar-refractivity contribution in [1.82, 2.24) is 4.98 Å². The van der Waals surface area contributed by atoms with Gasteiger partial charge in [-0.25, -0.2) is 4.98 Å². The van der Waals surface area contributed by atoms with Crippen LogP contribution < -0.4 is 5.73 Å². The van der Waals surface area contributed by atoms with Crippen molar-refractivity contribution < 1.29 is 0 Å². The molecule has 2 nitrogen and oxygen atoms in total. The summed E-state index contributed by atoms with van der Waals surface area (Å²) in [5, 5.41) is 0.192. The van der Waals surface area contributed by atoms with Gasteiger partial charge in [0.2, 0.25) is 0 Å². The average Bonchev–Trinajstić information content (AvgIpc) is 2.06. The SMILES string of the molecule is CC(Cl)CC(C)(C)Cc1cccnc1N. The first-order valence-corrected chi connectivity index (χ1v) is 5.68. The Labute approximate surface area is 96.8 Å². The van der Waals surface area contributed by atoms with Crippen molar-refractivity contribution in [3.63, 3.8) is 0 Å². The maximum atomic E-state index is 6.02. The summed E-state index contributed by atoms with van der Waals surface area (Å²) in [7, 11) is 0. The standard InChI is InChI=1S/C12H19ClN2/c1-9(13)7-12(2,3)8-10-5-4-6-15-11(10)14/h4-6,9H,7-8H2,1-3H3,(H2,14,15). The number of nitrogens with zero attached hydrogens (tertiary/aromatic N) is 1. The second-order valence-electron chi connectivity index (χ2n) is 4.87. The van der Waals surface area contributed by atoms with Gasteiger partial charge in [0.1, 0.15) is 5.82 Å². The molecule has 0 spiro atoms. The molecule has 0 aliphatic rings. The van der Waals surface area contributed by atoms with Gasteiger partial charge in [-0.2, -0.15) is 0 Å². The number of hydrogen-bond donors (Lipinski definition) is 1. The van der Waals surface area contributed by atoms with Crippen molar-refractivity contribution in [2.24, 2.45) is 5.41 Å². The third-order valence-electron chi connectivity index (χ3n) is 2.43. The smallest absolute Gasteiger partial charge is 0.126 e. The molecule has 0 bridgehead atoms. The number of rotatable bonds is 4. The number of hydrogen-bond acceptors (Lipinski definition) is 2. The van der Waals surface area contributed by atoms with Gasteiger partial charge in [0.15, 0.2) is 0 Å². The van der Waals surface area contributed by atoms with Crippen molar-refractivity contribution in [2.75, 3.05) is 5.73 Å². The van der Waals surface area contributed by atoms with Gasteiger partial charge in [0, 0.05) is 11.6 Å². The summed E-state index contributed by atoms with van der Waals surface area (Å²) in [5.41, 5.74) is 7.09. The minimum atomic E-state index is 0.165. The summed E-state index contributed by atoms with van der Waals surface area (Å²) < 4.78 is 0. The molecular weight excluding hydrogens is 208 g/mol. The number of halogens is 1. The van der Waals surface area contributed by atoms with E-state index < -0.39 is 0 Å². The molecule has 2 N–H and O–H groups in total. The number of alkyl halides is 1. The molecule has 0 aromatic carbocycles. The number of anilines is 1. The zero-order chi connectivity index (χ0) is 11.5. The van der Waals surface area contributed by atoms with Gasteiger partial charge < -0.3 is 5.73 Å². The third kappa shape index (κ3) is 4.08. The molecule has 84 valence electrons. The van der Waals surface area contributed by atoms with E-state index in [1.165, 1.54) is 0 Å². The fourth-order valence-corrected chi connectivity index (χ4v) is 2.37. The number of pyridine rings is 1. The molecule has 1 aromatic rings. The van der Waals surface area contributed by atoms with Crippen LogP contribution in [0.3, 0.4) is 0 Å². The van der Waals surface area contributed by atoms with Gasteiger partial charge in [0.25, 0.3) is 0 Å². The first-order valence-electron chi connectivity index (χ1n) is 5.24. The fourth-order valence-electron chi connectivity index (χ4n) is 1.95. The summed E-state index contributed by atoms with van der Waals surface area (Å²) in [5.74, 6) is 0.632. The van der Waals surface area contributed by atoms with Crippen LogP contribution in [0.5, 0.6) is 0 Å². The lowest BCUT2D eigenvalue weighted by Crippen LogP contribution is -2.19. The van der Waals surface area contributed by atoms with Crippen LogP contribution in [0, 0.1) is 5.41 Å². The van der Waals surface area contributed by atoms with Gasteiger partial charge in [-0.05, 0) is 36.8 Å². The molecule has 0 aliphatic carbocycles. The largest absolute Gasteiger partial charge is 0.383 e. The molecule has 0 aliphatic heterocycles. The Morgan fingerprint density at radius 3 is 2.73 bits per heavy atom. The van der Waals surface area contributed by atoms with E-state index in [-0.39, 0.29) is 10.8 Å². The van der Waals surface area contributed by atoms with Crippen molar-refractivity contribution in [1.29, 1.82) is 0 Å². The van der Waals surface area contributed by atoms with Gasteiger partial charge in [0.05, 0.1) is 0 Å². The molecule has 3 heteroatoms. The molecule has 0 radical (unpaired) electrons. The Kier molecular flexibility index (Phi) is 3.97. The van der Waals surface area contributed by atoms with Crippen LogP contribution in [0.4, 0.5) is 5.82 Å². The minimum absolute atomic E-state index is 0.165. The molecule has 15 heavy (non-hydrogen) atoms. The minimum Gasteiger partial charge on any atom is -0.383 e. The van der Waals surface area contributed by atoms with Gasteiger partial charge in [-0.1, -0.05) is 19.9 Å². The number of aromatic nitrogens is 1. The first kappa shape index (κ1) is 12.3. The van der Waals surface area contributed by atoms with Crippen LogP contribution in [-0.4, -0.2) is 10.4 Å². The highest BCUT2D eigenvalue weighted by Gasteiger charge is 2.21. The van der Waals surface area contributed by atoms with Crippen LogP contribution in [-0.2, 0) is 6.42 Å². The van der Waals surface area contributed by atoms with Crippen molar-refractivity contribution >= 4 is 17.4 Å². The topological polar surface area (TPSA) is 38.9 Å². The van der Waals surface area contributed by atoms with Crippen LogP contribution in [0.1, 0.15) is 32.8 Å². The third-order valence-corrected chi connectivity index (χ3v) is 2.58. The lowest BCUT2D eigenvalue weighted by molar-refractivity contribution is 0.332. The van der Waals surface area contributed by atoms with Crippen molar-refractivity contribution in [3.05, 3.63) is 23.9 Å². The number of nitrogen functional groups attached to an aromatic ring is 1. The molecule has 1 unspecified atom stereocenters. The maximum absolute atomic E-state index is 6.02. The van der Waals surface area contributed by atoms with E-state index >= 15 is 0 Å². The number of nitrogens with two attached hydrogens (primary N) is 1. The van der Waals surface area contributed by atoms with E-state index in [2.05, 4.69) is 18.8 Å². The Morgan fingerprint density at radius 2 is 2.20 bits per heavy atom. The predicted octanol–water partition coefficient (Wildman–Crippen LogP) is 3.25. The van der Waals surface area contributed by atoms with E-state index in [0.717, 1.165) is 18.4 Å². The molecule has 1 rings (SSSR count). The van der Waals surface area contributed by atoms with Crippen molar-refractivity contribution in [3.8, 4) is 0 Å². The Hall–Kier alpha value is -0.760. The molecule has 0 saturated carbocycles. The molecule has 1 aromatic heterocycles. The molecule has 0 fully saturated rings. The summed E-state index contributed by atoms with van der Waals surface area (Å²) in [4.78, 5) is 4.09. The van der Waals surface area contributed by atoms with E-state index in [9.17, 15) is 0 Å². The van der Waals surface area contributed by atoms with E-state index in [1.807, 2.05) is 19.1 Å². The maximum Gasteiger partial charge on any atom is 0.126 e. The van der Waals surface area contributed by atoms with Crippen molar-refractivity contribution in [2.45, 2.75) is 39.0 Å². The zero-order valence-electron chi connectivity index (χ0n) is 9.63. The quantitative estimate of drug-likeness (QED) is 0.801. The second-order valence-corrected chi connectivity index (χ2v) is 5.62. The lowest BCUT2D eigenvalue weighted by atomic mass is 9.82. The van der Waals surface area contributed by atoms with Gasteiger partial charge in [-0.3, -0.25) is 0 Å². The normalized spacial score (nSPS) is 13.9. The van der Waals surface area contributed by atoms with E-state index in [0.29, 0.717) is 5.82 Å². The zero-order valence-corrected chi connectivity index (χ0v) is 10.4. The van der Waals surface area contributed by atoms with Crippen LogP contribution >= 0.6 is 11.6 Å². The van der Waals surface area contributed by atoms with Gasteiger partial charge >= 0.3 is 0 Å². The van der Waals surface area contributed by atoms with Crippen LogP contribution in [0.25, 0.3) is 0 Å². The van der Waals surface area contributed by atoms with E-state index in [4.69, 9.17) is 17.3 Å². The highest BCUT2D eigenvalue weighted by molar-refractivity contribution is 6.20. The van der Waals surface area contributed by atoms with Crippen LogP contribution in [0.15, 0.2) is 18.3 Å². The summed E-state index contributed by atoms with van der Waals surface area (Å²) >= 11 is 6.02. The second kappa shape index (κ2) is 4.84. The lowest BCUT2D eigenvalue weighted by Gasteiger charge is -2.26. The molecule has 1 heterocycles. The van der Waals surface area contributed by atoms with Gasteiger partial charge in [-0.15, -0.1) is 11.6 Å². The molecule has 0 amide bonds. The fraction of sp³-hybridized carbons (Fsp3) is 0.583. The average molecular weight is 227 g/mol.